The van der Waals surface area contributed by atoms with Crippen LogP contribution in [0, 0.1) is 0 Å². The smallest absolute Gasteiger partial charge is 0.166 e. The lowest BCUT2D eigenvalue weighted by Gasteiger charge is -2.22. The average Bonchev–Trinajstić information content (AvgIpc) is 2.52. The maximum absolute atomic E-state index is 13.6. The molecule has 0 saturated carbocycles. The summed E-state index contributed by atoms with van der Waals surface area (Å²) < 4.78 is 79.4. The van der Waals surface area contributed by atoms with Crippen LogP contribution in [0.4, 0.5) is 26.3 Å². The van der Waals surface area contributed by atoms with Gasteiger partial charge in [-0.25, -0.2) is 0 Å². The van der Waals surface area contributed by atoms with Crippen LogP contribution in [0.15, 0.2) is 42.5 Å². The quantitative estimate of drug-likeness (QED) is 0.497. The molecule has 26 heavy (non-hydrogen) atoms. The highest BCUT2D eigenvalue weighted by Gasteiger charge is 2.37. The van der Waals surface area contributed by atoms with Crippen molar-refractivity contribution in [2.45, 2.75) is 51.4 Å². The summed E-state index contributed by atoms with van der Waals surface area (Å²) in [5, 5.41) is 0. The SMILES string of the molecule is CC(C)c1cccc(CC(C)c2cccc(C(F)(F)F)c2)c1C(F)(F)F. The third-order valence-corrected chi connectivity index (χ3v) is 4.40. The zero-order valence-electron chi connectivity index (χ0n) is 14.7. The zero-order chi connectivity index (χ0) is 19.7. The van der Waals surface area contributed by atoms with Gasteiger partial charge in [-0.1, -0.05) is 57.2 Å². The Bertz CT molecular complexity index is 756. The molecule has 1 atom stereocenters. The Kier molecular flexibility index (Phi) is 5.73. The molecular formula is C20H20F6. The number of rotatable bonds is 4. The molecule has 0 saturated heterocycles. The van der Waals surface area contributed by atoms with Crippen LogP contribution in [0.5, 0.6) is 0 Å². The van der Waals surface area contributed by atoms with E-state index >= 15 is 0 Å². The maximum atomic E-state index is 13.6. The minimum Gasteiger partial charge on any atom is -0.166 e. The normalized spacial score (nSPS) is 13.9. The second kappa shape index (κ2) is 7.33. The van der Waals surface area contributed by atoms with E-state index in [9.17, 15) is 26.3 Å². The molecule has 0 N–H and O–H groups in total. The molecule has 1 unspecified atom stereocenters. The van der Waals surface area contributed by atoms with Crippen molar-refractivity contribution in [3.63, 3.8) is 0 Å². The van der Waals surface area contributed by atoms with Gasteiger partial charge < -0.3 is 0 Å². The average molecular weight is 374 g/mol. The molecule has 0 aliphatic carbocycles. The lowest BCUT2D eigenvalue weighted by atomic mass is 9.86. The van der Waals surface area contributed by atoms with Crippen LogP contribution in [-0.2, 0) is 18.8 Å². The molecule has 2 aromatic carbocycles. The van der Waals surface area contributed by atoms with Gasteiger partial charge in [0.25, 0.3) is 0 Å². The molecule has 0 heterocycles. The third-order valence-electron chi connectivity index (χ3n) is 4.40. The van der Waals surface area contributed by atoms with Crippen molar-refractivity contribution in [3.05, 3.63) is 70.3 Å². The number of hydrogen-bond acceptors (Lipinski definition) is 0. The zero-order valence-corrected chi connectivity index (χ0v) is 14.7. The third kappa shape index (κ3) is 4.59. The summed E-state index contributed by atoms with van der Waals surface area (Å²) in [7, 11) is 0. The number of halogens is 6. The first-order chi connectivity index (χ1) is 11.9. The van der Waals surface area contributed by atoms with Crippen molar-refractivity contribution in [1.29, 1.82) is 0 Å². The van der Waals surface area contributed by atoms with Gasteiger partial charge in [0.1, 0.15) is 0 Å². The summed E-state index contributed by atoms with van der Waals surface area (Å²) in [6, 6.07) is 9.17. The van der Waals surface area contributed by atoms with E-state index < -0.39 is 29.4 Å². The molecule has 0 fully saturated rings. The Balaban J connectivity index is 2.41. The van der Waals surface area contributed by atoms with Gasteiger partial charge in [-0.15, -0.1) is 0 Å². The van der Waals surface area contributed by atoms with Crippen LogP contribution in [0.25, 0.3) is 0 Å². The highest BCUT2D eigenvalue weighted by atomic mass is 19.4. The van der Waals surface area contributed by atoms with E-state index in [1.165, 1.54) is 24.3 Å². The van der Waals surface area contributed by atoms with Crippen LogP contribution in [-0.4, -0.2) is 0 Å². The predicted octanol–water partition coefficient (Wildman–Crippen LogP) is 7.19. The fourth-order valence-electron chi connectivity index (χ4n) is 3.09. The molecule has 2 rings (SSSR count). The van der Waals surface area contributed by atoms with Gasteiger partial charge in [0.2, 0.25) is 0 Å². The largest absolute Gasteiger partial charge is 0.416 e. The standard InChI is InChI=1S/C20H20F6/c1-12(2)17-9-5-7-15(18(17)20(24,25)26)10-13(3)14-6-4-8-16(11-14)19(21,22)23/h4-9,11-13H,10H2,1-3H3. The highest BCUT2D eigenvalue weighted by Crippen LogP contribution is 2.39. The van der Waals surface area contributed by atoms with E-state index in [-0.39, 0.29) is 23.5 Å². The molecule has 0 aromatic heterocycles. The first-order valence-corrected chi connectivity index (χ1v) is 8.27. The van der Waals surface area contributed by atoms with Crippen LogP contribution in [0.2, 0.25) is 0 Å². The number of alkyl halides is 6. The number of hydrogen-bond donors (Lipinski definition) is 0. The molecular weight excluding hydrogens is 354 g/mol. The Morgan fingerprint density at radius 2 is 1.42 bits per heavy atom. The molecule has 6 heteroatoms. The van der Waals surface area contributed by atoms with E-state index in [2.05, 4.69) is 0 Å². The second-order valence-corrected chi connectivity index (χ2v) is 6.76. The minimum absolute atomic E-state index is 0.0106. The Morgan fingerprint density at radius 3 is 1.96 bits per heavy atom. The first kappa shape index (κ1) is 20.3. The molecule has 0 spiro atoms. The lowest BCUT2D eigenvalue weighted by molar-refractivity contribution is -0.139. The predicted molar refractivity (Wildman–Crippen MR) is 89.1 cm³/mol. The summed E-state index contributed by atoms with van der Waals surface area (Å²) in [5.74, 6) is -0.795. The van der Waals surface area contributed by atoms with Gasteiger partial charge in [-0.05, 0) is 41.0 Å². The van der Waals surface area contributed by atoms with Crippen molar-refractivity contribution in [2.75, 3.05) is 0 Å². The van der Waals surface area contributed by atoms with Crippen LogP contribution >= 0.6 is 0 Å². The van der Waals surface area contributed by atoms with Gasteiger partial charge in [0.15, 0.2) is 0 Å². The monoisotopic (exact) mass is 374 g/mol. The van der Waals surface area contributed by atoms with E-state index in [0.29, 0.717) is 5.56 Å². The van der Waals surface area contributed by atoms with Crippen molar-refractivity contribution in [3.8, 4) is 0 Å². The molecule has 0 bridgehead atoms. The number of benzene rings is 2. The second-order valence-electron chi connectivity index (χ2n) is 6.76. The van der Waals surface area contributed by atoms with Crippen molar-refractivity contribution in [1.82, 2.24) is 0 Å². The van der Waals surface area contributed by atoms with Crippen LogP contribution in [0.3, 0.4) is 0 Å². The van der Waals surface area contributed by atoms with Gasteiger partial charge in [0, 0.05) is 0 Å². The Labute approximate surface area is 148 Å². The minimum atomic E-state index is -4.51. The van der Waals surface area contributed by atoms with Gasteiger partial charge >= 0.3 is 12.4 Å². The molecule has 142 valence electrons. The fourth-order valence-corrected chi connectivity index (χ4v) is 3.09. The summed E-state index contributed by atoms with van der Waals surface area (Å²) in [5.41, 5.74) is -0.801. The molecule has 0 aliphatic heterocycles. The van der Waals surface area contributed by atoms with E-state index in [1.807, 2.05) is 0 Å². The summed E-state index contributed by atoms with van der Waals surface area (Å²) >= 11 is 0. The first-order valence-electron chi connectivity index (χ1n) is 8.27. The lowest BCUT2D eigenvalue weighted by Crippen LogP contribution is -2.15. The summed E-state index contributed by atoms with van der Waals surface area (Å²) in [4.78, 5) is 0. The van der Waals surface area contributed by atoms with Crippen molar-refractivity contribution in [2.24, 2.45) is 0 Å². The molecule has 0 radical (unpaired) electrons. The topological polar surface area (TPSA) is 0 Å². The molecule has 0 aliphatic rings. The van der Waals surface area contributed by atoms with E-state index in [1.54, 1.807) is 26.8 Å². The highest BCUT2D eigenvalue weighted by molar-refractivity contribution is 5.41. The van der Waals surface area contributed by atoms with Crippen molar-refractivity contribution < 1.29 is 26.3 Å². The maximum Gasteiger partial charge on any atom is 0.416 e. The van der Waals surface area contributed by atoms with Gasteiger partial charge in [-0.3, -0.25) is 0 Å². The Morgan fingerprint density at radius 1 is 0.808 bits per heavy atom. The van der Waals surface area contributed by atoms with Crippen molar-refractivity contribution >= 4 is 0 Å². The molecule has 0 amide bonds. The Hall–Kier alpha value is -1.98. The summed E-state index contributed by atoms with van der Waals surface area (Å²) in [6.07, 6.45) is -8.98. The molecule has 2 aromatic rings. The fraction of sp³-hybridized carbons (Fsp3) is 0.400. The van der Waals surface area contributed by atoms with E-state index in [4.69, 9.17) is 0 Å². The molecule has 0 nitrogen and oxygen atoms in total. The van der Waals surface area contributed by atoms with E-state index in [0.717, 1.165) is 12.1 Å². The van der Waals surface area contributed by atoms with Crippen LogP contribution in [0.1, 0.15) is 60.4 Å². The summed E-state index contributed by atoms with van der Waals surface area (Å²) in [6.45, 7) is 5.01. The van der Waals surface area contributed by atoms with Crippen LogP contribution < -0.4 is 0 Å². The van der Waals surface area contributed by atoms with Gasteiger partial charge in [0.05, 0.1) is 11.1 Å². The van der Waals surface area contributed by atoms with Gasteiger partial charge in [-0.2, -0.15) is 26.3 Å².